The molecule has 34 heavy (non-hydrogen) atoms. The summed E-state index contributed by atoms with van der Waals surface area (Å²) in [4.78, 5) is 11.0. The molecule has 174 valence electrons. The minimum absolute atomic E-state index is 0.122. The molecule has 0 fully saturated rings. The number of fused-ring (bicyclic) bond motifs is 1. The van der Waals surface area contributed by atoms with Crippen molar-refractivity contribution < 1.29 is 19.5 Å². The third-order valence-electron chi connectivity index (χ3n) is 6.78. The van der Waals surface area contributed by atoms with Gasteiger partial charge in [-0.1, -0.05) is 67.9 Å². The maximum atomic E-state index is 14.3. The van der Waals surface area contributed by atoms with Crippen molar-refractivity contribution in [3.63, 3.8) is 0 Å². The van der Waals surface area contributed by atoms with E-state index >= 15 is 0 Å². The molecule has 0 saturated heterocycles. The number of hydrogen-bond acceptors (Lipinski definition) is 3. The van der Waals surface area contributed by atoms with Crippen LogP contribution in [-0.2, 0) is 5.41 Å². The summed E-state index contributed by atoms with van der Waals surface area (Å²) in [6.45, 7) is 8.75. The minimum Gasteiger partial charge on any atom is -0.478 e. The van der Waals surface area contributed by atoms with Gasteiger partial charge in [0.25, 0.3) is 0 Å². The molecule has 1 atom stereocenters. The quantitative estimate of drug-likeness (QED) is 0.288. The number of rotatable bonds is 5. The Hall–Kier alpha value is -3.73. The van der Waals surface area contributed by atoms with E-state index in [0.717, 1.165) is 18.1 Å². The topological polar surface area (TPSA) is 69.9 Å². The van der Waals surface area contributed by atoms with E-state index in [1.807, 2.05) is 12.1 Å². The van der Waals surface area contributed by atoms with Crippen LogP contribution in [0.2, 0.25) is 0 Å². The van der Waals surface area contributed by atoms with Gasteiger partial charge in [-0.05, 0) is 71.9 Å². The normalized spacial score (nSPS) is 19.5. The molecule has 0 saturated carbocycles. The van der Waals surface area contributed by atoms with Crippen LogP contribution in [0.15, 0.2) is 77.0 Å². The Labute approximate surface area is 199 Å². The molecule has 0 spiro atoms. The number of nitrogens with zero attached hydrogens (tertiary/aromatic N) is 1. The molecule has 2 aliphatic rings. The Morgan fingerprint density at radius 1 is 1.15 bits per heavy atom. The van der Waals surface area contributed by atoms with Gasteiger partial charge in [0.15, 0.2) is 0 Å². The smallest absolute Gasteiger partial charge is 0.335 e. The van der Waals surface area contributed by atoms with Gasteiger partial charge in [0, 0.05) is 16.5 Å². The van der Waals surface area contributed by atoms with Crippen LogP contribution in [-0.4, -0.2) is 22.0 Å². The highest BCUT2D eigenvalue weighted by molar-refractivity contribution is 6.11. The van der Waals surface area contributed by atoms with Gasteiger partial charge in [-0.3, -0.25) is 0 Å². The van der Waals surface area contributed by atoms with Gasteiger partial charge in [-0.25, -0.2) is 9.18 Å². The lowest BCUT2D eigenvalue weighted by Gasteiger charge is -2.21. The number of carboxylic acids is 1. The van der Waals surface area contributed by atoms with Gasteiger partial charge < -0.3 is 10.3 Å². The first-order valence-electron chi connectivity index (χ1n) is 11.3. The van der Waals surface area contributed by atoms with Crippen LogP contribution < -0.4 is 0 Å². The van der Waals surface area contributed by atoms with Gasteiger partial charge in [-0.2, -0.15) is 0 Å². The van der Waals surface area contributed by atoms with Gasteiger partial charge in [0.05, 0.1) is 5.56 Å². The highest BCUT2D eigenvalue weighted by Crippen LogP contribution is 2.46. The van der Waals surface area contributed by atoms with Crippen LogP contribution in [0, 0.1) is 11.7 Å². The lowest BCUT2D eigenvalue weighted by Crippen LogP contribution is -2.12. The van der Waals surface area contributed by atoms with Crippen molar-refractivity contribution in [2.45, 2.75) is 39.5 Å². The molecule has 0 heterocycles. The number of hydrogen-bond donors (Lipinski definition) is 2. The first-order chi connectivity index (χ1) is 16.1. The molecule has 2 aliphatic carbocycles. The molecule has 2 aromatic carbocycles. The van der Waals surface area contributed by atoms with Crippen LogP contribution in [0.25, 0.3) is 11.6 Å². The highest BCUT2D eigenvalue weighted by atomic mass is 19.1. The third-order valence-corrected chi connectivity index (χ3v) is 6.78. The first-order valence-corrected chi connectivity index (χ1v) is 11.3. The number of carboxylic acid groups (broad SMARTS) is 1. The SMILES string of the molecule is CC1=CC=C(C2=CC(C)(C)c3cc(C(/C=C/c4ccc(C(=O)O)cc4F)=N/O)ccc32)CC1C. The summed E-state index contributed by atoms with van der Waals surface area (Å²) in [5.74, 6) is -1.34. The van der Waals surface area contributed by atoms with Crippen molar-refractivity contribution in [3.05, 3.63) is 105 Å². The number of oxime groups is 1. The van der Waals surface area contributed by atoms with Gasteiger partial charge >= 0.3 is 5.97 Å². The van der Waals surface area contributed by atoms with Crippen molar-refractivity contribution in [1.29, 1.82) is 0 Å². The molecule has 1 unspecified atom stereocenters. The Morgan fingerprint density at radius 2 is 1.88 bits per heavy atom. The van der Waals surface area contributed by atoms with Gasteiger partial charge in [0.1, 0.15) is 11.5 Å². The standard InChI is InChI=1S/C29H28FNO3/c1-17-5-6-20(13-18(17)2)24-16-29(3,4)25-14-21(9-11-23(24)25)27(31-34)12-10-19-7-8-22(28(32)33)15-26(19)30/h5-12,14-16,18,34H,13H2,1-4H3,(H,32,33)/b12-10+,31-27+. The molecule has 2 aromatic rings. The number of allylic oxidation sites excluding steroid dienone is 7. The predicted molar refractivity (Wildman–Crippen MR) is 134 cm³/mol. The zero-order valence-corrected chi connectivity index (χ0v) is 19.8. The van der Waals surface area contributed by atoms with Crippen LogP contribution in [0.3, 0.4) is 0 Å². The molecule has 0 aliphatic heterocycles. The van der Waals surface area contributed by atoms with E-state index in [1.54, 1.807) is 0 Å². The number of aromatic carboxylic acids is 1. The predicted octanol–water partition coefficient (Wildman–Crippen LogP) is 7.00. The summed E-state index contributed by atoms with van der Waals surface area (Å²) < 4.78 is 14.3. The fourth-order valence-electron chi connectivity index (χ4n) is 4.56. The summed E-state index contributed by atoms with van der Waals surface area (Å²) in [6, 6.07) is 9.69. The maximum absolute atomic E-state index is 14.3. The molecule has 0 radical (unpaired) electrons. The van der Waals surface area contributed by atoms with Crippen molar-refractivity contribution >= 4 is 23.3 Å². The largest absolute Gasteiger partial charge is 0.478 e. The van der Waals surface area contributed by atoms with E-state index in [2.05, 4.69) is 57.1 Å². The Kier molecular flexibility index (Phi) is 6.13. The molecule has 2 N–H and O–H groups in total. The lowest BCUT2D eigenvalue weighted by atomic mass is 9.84. The molecular formula is C29H28FNO3. The van der Waals surface area contributed by atoms with Crippen molar-refractivity contribution in [2.75, 3.05) is 0 Å². The van der Waals surface area contributed by atoms with E-state index in [4.69, 9.17) is 5.11 Å². The van der Waals surface area contributed by atoms with Crippen molar-refractivity contribution in [2.24, 2.45) is 11.1 Å². The minimum atomic E-state index is -1.19. The molecule has 4 rings (SSSR count). The molecule has 0 aromatic heterocycles. The van der Waals surface area contributed by atoms with Gasteiger partial charge in [0.2, 0.25) is 0 Å². The second-order valence-electron chi connectivity index (χ2n) is 9.61. The Balaban J connectivity index is 1.65. The molecule has 0 bridgehead atoms. The molecule has 4 nitrogen and oxygen atoms in total. The molecule has 5 heteroatoms. The average Bonchev–Trinajstić information content (AvgIpc) is 3.07. The van der Waals surface area contributed by atoms with Crippen LogP contribution in [0.5, 0.6) is 0 Å². The van der Waals surface area contributed by atoms with Crippen LogP contribution in [0.1, 0.15) is 66.7 Å². The fourth-order valence-corrected chi connectivity index (χ4v) is 4.56. The fraction of sp³-hybridized carbons (Fsp3) is 0.241. The number of benzene rings is 2. The second kappa shape index (κ2) is 8.90. The summed E-state index contributed by atoms with van der Waals surface area (Å²) in [5.41, 5.74) is 7.19. The van der Waals surface area contributed by atoms with Crippen LogP contribution >= 0.6 is 0 Å². The van der Waals surface area contributed by atoms with Crippen molar-refractivity contribution in [1.82, 2.24) is 0 Å². The van der Waals surface area contributed by atoms with E-state index in [0.29, 0.717) is 11.5 Å². The zero-order valence-electron chi connectivity index (χ0n) is 19.8. The maximum Gasteiger partial charge on any atom is 0.335 e. The van der Waals surface area contributed by atoms with Gasteiger partial charge in [-0.15, -0.1) is 0 Å². The van der Waals surface area contributed by atoms with Crippen molar-refractivity contribution in [3.8, 4) is 0 Å². The lowest BCUT2D eigenvalue weighted by molar-refractivity contribution is 0.0696. The Morgan fingerprint density at radius 3 is 2.53 bits per heavy atom. The molecular weight excluding hydrogens is 429 g/mol. The van der Waals surface area contributed by atoms with Crippen LogP contribution in [0.4, 0.5) is 4.39 Å². The summed E-state index contributed by atoms with van der Waals surface area (Å²) in [6.07, 6.45) is 10.7. The van der Waals surface area contributed by atoms with E-state index in [1.165, 1.54) is 46.6 Å². The number of halogens is 1. The second-order valence-corrected chi connectivity index (χ2v) is 9.61. The average molecular weight is 458 g/mol. The van der Waals surface area contributed by atoms with E-state index in [-0.39, 0.29) is 22.3 Å². The Bertz CT molecular complexity index is 1320. The molecule has 0 amide bonds. The first kappa shape index (κ1) is 23.4. The third kappa shape index (κ3) is 4.38. The van der Waals surface area contributed by atoms with E-state index in [9.17, 15) is 14.4 Å². The van der Waals surface area contributed by atoms with E-state index < -0.39 is 11.8 Å². The summed E-state index contributed by atoms with van der Waals surface area (Å²) >= 11 is 0. The monoisotopic (exact) mass is 457 g/mol. The summed E-state index contributed by atoms with van der Waals surface area (Å²) in [5, 5.41) is 22.1. The summed E-state index contributed by atoms with van der Waals surface area (Å²) in [7, 11) is 0. The highest BCUT2D eigenvalue weighted by Gasteiger charge is 2.32. The zero-order chi connectivity index (χ0) is 24.6. The number of carbonyl (C=O) groups is 1.